The molecule has 2 atom stereocenters. The monoisotopic (exact) mass is 345 g/mol. The number of hydrogen-bond donors (Lipinski definition) is 1. The first-order chi connectivity index (χ1) is 12.7. The number of rotatable bonds is 7. The second kappa shape index (κ2) is 8.97. The Morgan fingerprint density at radius 2 is 1.62 bits per heavy atom. The number of aliphatic hydroxyl groups excluding tert-OH is 1. The second-order valence-electron chi connectivity index (χ2n) is 6.29. The molecule has 0 spiro atoms. The fraction of sp³-hybridized carbons (Fsp3) is 0.174. The van der Waals surface area contributed by atoms with Gasteiger partial charge in [0.15, 0.2) is 0 Å². The molecule has 0 saturated carbocycles. The van der Waals surface area contributed by atoms with Crippen molar-refractivity contribution in [2.75, 3.05) is 0 Å². The minimum Gasteiger partial charge on any atom is -0.486 e. The van der Waals surface area contributed by atoms with Crippen LogP contribution in [0.1, 0.15) is 36.1 Å². The second-order valence-corrected chi connectivity index (χ2v) is 6.29. The van der Waals surface area contributed by atoms with Gasteiger partial charge in [-0.3, -0.25) is 4.98 Å². The van der Waals surface area contributed by atoms with Crippen LogP contribution in [0.3, 0.4) is 0 Å². The molecule has 3 heteroatoms. The first kappa shape index (κ1) is 17.9. The van der Waals surface area contributed by atoms with E-state index in [4.69, 9.17) is 4.74 Å². The van der Waals surface area contributed by atoms with E-state index in [1.807, 2.05) is 54.6 Å². The van der Waals surface area contributed by atoms with Crippen LogP contribution in [0.5, 0.6) is 5.75 Å². The van der Waals surface area contributed by atoms with E-state index >= 15 is 0 Å². The van der Waals surface area contributed by atoms with E-state index in [2.05, 4.69) is 29.3 Å². The molecule has 3 aromatic rings. The first-order valence-corrected chi connectivity index (χ1v) is 8.78. The number of ether oxygens (including phenoxy) is 1. The number of benzene rings is 2. The van der Waals surface area contributed by atoms with Gasteiger partial charge in [0.1, 0.15) is 11.9 Å². The number of nitrogens with zero attached hydrogens (tertiary/aromatic N) is 1. The summed E-state index contributed by atoms with van der Waals surface area (Å²) in [6, 6.07) is 22.0. The van der Waals surface area contributed by atoms with E-state index in [0.29, 0.717) is 6.42 Å². The summed E-state index contributed by atoms with van der Waals surface area (Å²) in [4.78, 5) is 4.15. The molecule has 0 aliphatic carbocycles. The largest absolute Gasteiger partial charge is 0.486 e. The van der Waals surface area contributed by atoms with E-state index in [0.717, 1.165) is 16.9 Å². The minimum absolute atomic E-state index is 0.227. The molecular formula is C23H23NO2. The van der Waals surface area contributed by atoms with E-state index in [1.165, 1.54) is 5.56 Å². The molecule has 2 unspecified atom stereocenters. The van der Waals surface area contributed by atoms with Gasteiger partial charge in [0, 0.05) is 24.4 Å². The highest BCUT2D eigenvalue weighted by Gasteiger charge is 2.16. The van der Waals surface area contributed by atoms with E-state index < -0.39 is 6.10 Å². The SMILES string of the molecule is CC(O)CC(Oc1ccc(/C=C/c2ccccc2)cc1)c1cccnc1. The molecule has 2 aromatic carbocycles. The first-order valence-electron chi connectivity index (χ1n) is 8.78. The zero-order valence-electron chi connectivity index (χ0n) is 14.8. The van der Waals surface area contributed by atoms with Gasteiger partial charge >= 0.3 is 0 Å². The van der Waals surface area contributed by atoms with Gasteiger partial charge in [0.05, 0.1) is 6.10 Å². The van der Waals surface area contributed by atoms with Gasteiger partial charge in [-0.2, -0.15) is 0 Å². The predicted octanol–water partition coefficient (Wildman–Crippen LogP) is 5.14. The van der Waals surface area contributed by atoms with Gasteiger partial charge < -0.3 is 9.84 Å². The molecule has 1 aromatic heterocycles. The lowest BCUT2D eigenvalue weighted by molar-refractivity contribution is 0.106. The number of hydrogen-bond acceptors (Lipinski definition) is 3. The van der Waals surface area contributed by atoms with Crippen molar-refractivity contribution in [2.24, 2.45) is 0 Å². The van der Waals surface area contributed by atoms with Crippen molar-refractivity contribution >= 4 is 12.2 Å². The topological polar surface area (TPSA) is 42.4 Å². The normalized spacial score (nSPS) is 13.5. The minimum atomic E-state index is -0.451. The summed E-state index contributed by atoms with van der Waals surface area (Å²) in [5.41, 5.74) is 3.23. The summed E-state index contributed by atoms with van der Waals surface area (Å²) >= 11 is 0. The lowest BCUT2D eigenvalue weighted by Gasteiger charge is -2.20. The molecule has 0 saturated heterocycles. The van der Waals surface area contributed by atoms with Crippen molar-refractivity contribution in [3.05, 3.63) is 95.8 Å². The van der Waals surface area contributed by atoms with E-state index in [9.17, 15) is 5.11 Å². The molecule has 0 fully saturated rings. The van der Waals surface area contributed by atoms with Gasteiger partial charge in [-0.25, -0.2) is 0 Å². The Labute approximate surface area is 154 Å². The molecule has 0 amide bonds. The average Bonchev–Trinajstić information content (AvgIpc) is 2.68. The quantitative estimate of drug-likeness (QED) is 0.603. The summed E-state index contributed by atoms with van der Waals surface area (Å²) in [7, 11) is 0. The summed E-state index contributed by atoms with van der Waals surface area (Å²) in [6.07, 6.45) is 7.51. The summed E-state index contributed by atoms with van der Waals surface area (Å²) in [6.45, 7) is 1.77. The fourth-order valence-corrected chi connectivity index (χ4v) is 2.71. The Bertz CT molecular complexity index is 812. The summed E-state index contributed by atoms with van der Waals surface area (Å²) in [5.74, 6) is 0.774. The van der Waals surface area contributed by atoms with Crippen molar-refractivity contribution in [2.45, 2.75) is 25.6 Å². The van der Waals surface area contributed by atoms with Crippen LogP contribution in [0.15, 0.2) is 79.1 Å². The number of aromatic nitrogens is 1. The molecule has 1 heterocycles. The van der Waals surface area contributed by atoms with E-state index in [1.54, 1.807) is 19.3 Å². The van der Waals surface area contributed by atoms with Gasteiger partial charge in [0.25, 0.3) is 0 Å². The van der Waals surface area contributed by atoms with Crippen LogP contribution in [0.25, 0.3) is 12.2 Å². The van der Waals surface area contributed by atoms with Gasteiger partial charge in [-0.05, 0) is 36.2 Å². The molecule has 0 bridgehead atoms. The Kier molecular flexibility index (Phi) is 6.18. The van der Waals surface area contributed by atoms with Crippen LogP contribution in [0.4, 0.5) is 0 Å². The highest BCUT2D eigenvalue weighted by atomic mass is 16.5. The van der Waals surface area contributed by atoms with Gasteiger partial charge in [0.2, 0.25) is 0 Å². The summed E-state index contributed by atoms with van der Waals surface area (Å²) in [5, 5.41) is 9.77. The van der Waals surface area contributed by atoms with Gasteiger partial charge in [-0.1, -0.05) is 60.7 Å². The molecule has 26 heavy (non-hydrogen) atoms. The highest BCUT2D eigenvalue weighted by Crippen LogP contribution is 2.26. The molecule has 0 radical (unpaired) electrons. The maximum atomic E-state index is 9.77. The fourth-order valence-electron chi connectivity index (χ4n) is 2.71. The van der Waals surface area contributed by atoms with Crippen molar-refractivity contribution in [1.29, 1.82) is 0 Å². The maximum Gasteiger partial charge on any atom is 0.128 e. The average molecular weight is 345 g/mol. The molecule has 0 aliphatic heterocycles. The lowest BCUT2D eigenvalue weighted by atomic mass is 10.1. The van der Waals surface area contributed by atoms with Crippen molar-refractivity contribution in [3.8, 4) is 5.75 Å². The zero-order valence-corrected chi connectivity index (χ0v) is 14.8. The Hall–Kier alpha value is -2.91. The number of pyridine rings is 1. The molecule has 3 rings (SSSR count). The third kappa shape index (κ3) is 5.30. The zero-order chi connectivity index (χ0) is 18.2. The van der Waals surface area contributed by atoms with Crippen LogP contribution >= 0.6 is 0 Å². The molecule has 1 N–H and O–H groups in total. The lowest BCUT2D eigenvalue weighted by Crippen LogP contribution is -2.14. The van der Waals surface area contributed by atoms with Crippen molar-refractivity contribution in [1.82, 2.24) is 4.98 Å². The van der Waals surface area contributed by atoms with Crippen LogP contribution in [-0.4, -0.2) is 16.2 Å². The van der Waals surface area contributed by atoms with Crippen LogP contribution < -0.4 is 4.74 Å². The predicted molar refractivity (Wildman–Crippen MR) is 106 cm³/mol. The molecule has 0 aliphatic rings. The highest BCUT2D eigenvalue weighted by molar-refractivity contribution is 5.69. The molecule has 132 valence electrons. The molecular weight excluding hydrogens is 322 g/mol. The third-order valence-electron chi connectivity index (χ3n) is 4.04. The standard InChI is InChI=1S/C23H23NO2/c1-18(25)16-23(21-8-5-15-24-17-21)26-22-13-11-20(12-14-22)10-9-19-6-3-2-4-7-19/h2-15,17-18,23,25H,16H2,1H3/b10-9+. The van der Waals surface area contributed by atoms with Crippen molar-refractivity contribution in [3.63, 3.8) is 0 Å². The molecule has 3 nitrogen and oxygen atoms in total. The number of aliphatic hydroxyl groups is 1. The van der Waals surface area contributed by atoms with E-state index in [-0.39, 0.29) is 6.10 Å². The maximum absolute atomic E-state index is 9.77. The summed E-state index contributed by atoms with van der Waals surface area (Å²) < 4.78 is 6.11. The van der Waals surface area contributed by atoms with Gasteiger partial charge in [-0.15, -0.1) is 0 Å². The Morgan fingerprint density at radius 1 is 0.923 bits per heavy atom. The smallest absolute Gasteiger partial charge is 0.128 e. The third-order valence-corrected chi connectivity index (χ3v) is 4.04. The van der Waals surface area contributed by atoms with Crippen molar-refractivity contribution < 1.29 is 9.84 Å². The van der Waals surface area contributed by atoms with Crippen LogP contribution in [0, 0.1) is 0 Å². The Morgan fingerprint density at radius 3 is 2.23 bits per heavy atom. The van der Waals surface area contributed by atoms with Crippen LogP contribution in [0.2, 0.25) is 0 Å². The van der Waals surface area contributed by atoms with Crippen LogP contribution in [-0.2, 0) is 0 Å². The Balaban J connectivity index is 1.69.